The van der Waals surface area contributed by atoms with Crippen molar-refractivity contribution < 1.29 is 9.28 Å². The third-order valence-corrected chi connectivity index (χ3v) is 8.05. The van der Waals surface area contributed by atoms with Gasteiger partial charge in [0.05, 0.1) is 32.5 Å². The van der Waals surface area contributed by atoms with E-state index >= 15 is 0 Å². The van der Waals surface area contributed by atoms with Crippen LogP contribution in [0, 0.1) is 5.92 Å². The van der Waals surface area contributed by atoms with Crippen molar-refractivity contribution in [3.05, 3.63) is 54.2 Å². The van der Waals surface area contributed by atoms with Gasteiger partial charge in [0.25, 0.3) is 0 Å². The summed E-state index contributed by atoms with van der Waals surface area (Å²) >= 11 is 0. The molecule has 0 spiro atoms. The zero-order chi connectivity index (χ0) is 24.8. The average Bonchev–Trinajstić information content (AvgIpc) is 2.92. The maximum absolute atomic E-state index is 12.5. The number of amides is 2. The topological polar surface area (TPSA) is 65.7 Å². The third-order valence-electron chi connectivity index (χ3n) is 8.05. The number of quaternary nitrogens is 1. The Morgan fingerprint density at radius 1 is 1.03 bits per heavy atom. The number of primary amides is 1. The molecule has 0 saturated carbocycles. The van der Waals surface area contributed by atoms with E-state index in [1.165, 1.54) is 24.9 Å². The summed E-state index contributed by atoms with van der Waals surface area (Å²) in [5.74, 6) is 1.39. The number of rotatable bonds is 5. The van der Waals surface area contributed by atoms with Crippen LogP contribution in [-0.4, -0.2) is 80.8 Å². The van der Waals surface area contributed by atoms with Gasteiger partial charge in [0.2, 0.25) is 0 Å². The van der Waals surface area contributed by atoms with Gasteiger partial charge in [-0.05, 0) is 50.8 Å². The number of carbonyl (C=O) groups excluding carboxylic acids is 1. The Balaban J connectivity index is 1.45. The summed E-state index contributed by atoms with van der Waals surface area (Å²) in [5.41, 5.74) is 8.09. The fourth-order valence-electron chi connectivity index (χ4n) is 5.76. The van der Waals surface area contributed by atoms with E-state index in [-0.39, 0.29) is 0 Å². The van der Waals surface area contributed by atoms with Crippen LogP contribution in [0.4, 0.5) is 16.3 Å². The van der Waals surface area contributed by atoms with Gasteiger partial charge in [-0.25, -0.2) is 9.78 Å². The summed E-state index contributed by atoms with van der Waals surface area (Å²) in [6.07, 6.45) is 7.51. The van der Waals surface area contributed by atoms with Crippen molar-refractivity contribution in [2.75, 3.05) is 70.2 Å². The predicted molar refractivity (Wildman–Crippen MR) is 144 cm³/mol. The molecule has 4 rings (SSSR count). The van der Waals surface area contributed by atoms with Gasteiger partial charge in [-0.3, -0.25) is 4.90 Å². The molecule has 2 aromatic rings. The minimum absolute atomic E-state index is 0.394. The molecule has 1 aromatic carbocycles. The molecule has 2 saturated heterocycles. The van der Waals surface area contributed by atoms with Crippen LogP contribution < -0.4 is 15.5 Å². The molecule has 0 unspecified atom stereocenters. The van der Waals surface area contributed by atoms with E-state index in [0.717, 1.165) is 61.4 Å². The number of anilines is 2. The van der Waals surface area contributed by atoms with Gasteiger partial charge in [-0.15, -0.1) is 0 Å². The van der Waals surface area contributed by atoms with E-state index in [4.69, 9.17) is 10.7 Å². The lowest BCUT2D eigenvalue weighted by molar-refractivity contribution is -0.921. The first-order chi connectivity index (χ1) is 16.8. The van der Waals surface area contributed by atoms with E-state index in [1.807, 2.05) is 18.3 Å². The number of benzene rings is 1. The van der Waals surface area contributed by atoms with Gasteiger partial charge in [0.15, 0.2) is 0 Å². The number of hydrogen-bond acceptors (Lipinski definition) is 4. The van der Waals surface area contributed by atoms with Crippen LogP contribution in [-0.2, 0) is 0 Å². The van der Waals surface area contributed by atoms with Crippen molar-refractivity contribution in [2.45, 2.75) is 38.1 Å². The van der Waals surface area contributed by atoms with E-state index in [1.54, 1.807) is 4.90 Å². The first kappa shape index (κ1) is 25.5. The average molecular weight is 480 g/mol. The summed E-state index contributed by atoms with van der Waals surface area (Å²) in [4.78, 5) is 23.6. The maximum Gasteiger partial charge on any atom is 0.319 e. The summed E-state index contributed by atoms with van der Waals surface area (Å²) in [6.45, 7) is 5.85. The summed E-state index contributed by atoms with van der Waals surface area (Å²) < 4.78 is 1.01. The molecule has 3 heterocycles. The lowest BCUT2D eigenvalue weighted by Gasteiger charge is -2.38. The Morgan fingerprint density at radius 2 is 1.77 bits per heavy atom. The quantitative estimate of drug-likeness (QED) is 0.656. The van der Waals surface area contributed by atoms with Gasteiger partial charge < -0.3 is 20.0 Å². The monoisotopic (exact) mass is 479 g/mol. The summed E-state index contributed by atoms with van der Waals surface area (Å²) in [6, 6.07) is 15.0. The molecule has 2 fully saturated rings. The normalized spacial score (nSPS) is 23.7. The fraction of sp³-hybridized carbons (Fsp3) is 0.571. The van der Waals surface area contributed by atoms with Crippen molar-refractivity contribution >= 4 is 17.5 Å². The molecule has 7 nitrogen and oxygen atoms in total. The van der Waals surface area contributed by atoms with Crippen molar-refractivity contribution in [1.82, 2.24) is 9.88 Å². The van der Waals surface area contributed by atoms with E-state index in [9.17, 15) is 4.79 Å². The summed E-state index contributed by atoms with van der Waals surface area (Å²) in [5, 5.41) is 0. The highest BCUT2D eigenvalue weighted by molar-refractivity contribution is 5.90. The second-order valence-electron chi connectivity index (χ2n) is 11.0. The van der Waals surface area contributed by atoms with Crippen molar-refractivity contribution in [1.29, 1.82) is 0 Å². The number of urea groups is 1. The van der Waals surface area contributed by atoms with Gasteiger partial charge in [0, 0.05) is 44.7 Å². The van der Waals surface area contributed by atoms with Gasteiger partial charge in [0.1, 0.15) is 11.9 Å². The van der Waals surface area contributed by atoms with Crippen molar-refractivity contribution in [3.63, 3.8) is 0 Å². The number of piperazine rings is 1. The van der Waals surface area contributed by atoms with Crippen LogP contribution in [0.3, 0.4) is 0 Å². The predicted octanol–water partition coefficient (Wildman–Crippen LogP) is 4.12. The number of pyridine rings is 1. The molecule has 2 atom stereocenters. The summed E-state index contributed by atoms with van der Waals surface area (Å²) in [7, 11) is 6.88. The Morgan fingerprint density at radius 3 is 2.43 bits per heavy atom. The third kappa shape index (κ3) is 6.53. The minimum atomic E-state index is -0.394. The molecule has 7 heteroatoms. The highest BCUT2D eigenvalue weighted by atomic mass is 16.2. The Hall–Kier alpha value is -2.64. The van der Waals surface area contributed by atoms with E-state index in [2.05, 4.69) is 61.3 Å². The molecular formula is C28H43N6O+. The second kappa shape index (κ2) is 11.4. The first-order valence-electron chi connectivity index (χ1n) is 13.2. The molecule has 1 aromatic heterocycles. The number of nitrogens with two attached hydrogens (primary N) is 1. The molecule has 2 aliphatic rings. The number of likely N-dealkylation sites (N-methyl/N-ethyl adjacent to an activating group) is 1. The molecular weight excluding hydrogens is 436 g/mol. The van der Waals surface area contributed by atoms with Crippen molar-refractivity contribution in [3.8, 4) is 0 Å². The number of nitrogens with zero attached hydrogens (tertiary/aromatic N) is 5. The van der Waals surface area contributed by atoms with Crippen LogP contribution >= 0.6 is 0 Å². The van der Waals surface area contributed by atoms with E-state index < -0.39 is 6.03 Å². The molecule has 2 N–H and O–H groups in total. The fourth-order valence-corrected chi connectivity index (χ4v) is 5.76. The molecule has 35 heavy (non-hydrogen) atoms. The molecule has 0 bridgehead atoms. The molecule has 0 aliphatic carbocycles. The number of carbonyl (C=O) groups is 1. The Bertz CT molecular complexity index is 940. The second-order valence-corrected chi connectivity index (χ2v) is 11.0. The minimum Gasteiger partial charge on any atom is -0.354 e. The van der Waals surface area contributed by atoms with Crippen LogP contribution in [0.15, 0.2) is 48.7 Å². The highest BCUT2D eigenvalue weighted by Crippen LogP contribution is 2.35. The zero-order valence-corrected chi connectivity index (χ0v) is 21.8. The lowest BCUT2D eigenvalue weighted by Crippen LogP contribution is -2.45. The van der Waals surface area contributed by atoms with Crippen molar-refractivity contribution in [2.24, 2.45) is 11.7 Å². The molecule has 2 aliphatic heterocycles. The first-order valence-corrected chi connectivity index (χ1v) is 13.2. The van der Waals surface area contributed by atoms with Gasteiger partial charge in [-0.2, -0.15) is 0 Å². The molecule has 2 amide bonds. The largest absolute Gasteiger partial charge is 0.354 e. The van der Waals surface area contributed by atoms with Gasteiger partial charge in [-0.1, -0.05) is 30.3 Å². The standard InChI is InChI=1S/C28H42N6O/c1-31-16-18-32(19-17-31)27-15-13-25(21-30-27)33(28(29)35)22-23-9-7-8-20-34(2,3)26(14-12-23)24-10-5-4-6-11-24/h4-6,10-11,13,15,21,23,26H,7-9,12,14,16-20,22H2,1-3H3,(H-,29,35)/p+1/t23-,26-/m1/s1. The van der Waals surface area contributed by atoms with E-state index in [0.29, 0.717) is 18.5 Å². The Labute approximate surface area is 211 Å². The molecule has 0 radical (unpaired) electrons. The number of hydrogen-bond donors (Lipinski definition) is 1. The lowest BCUT2D eigenvalue weighted by atomic mass is 9.92. The Kier molecular flexibility index (Phi) is 8.29. The van der Waals surface area contributed by atoms with Crippen LogP contribution in [0.25, 0.3) is 0 Å². The zero-order valence-electron chi connectivity index (χ0n) is 21.8. The number of aromatic nitrogens is 1. The van der Waals surface area contributed by atoms with Crippen LogP contribution in [0.2, 0.25) is 0 Å². The van der Waals surface area contributed by atoms with Gasteiger partial charge >= 0.3 is 6.03 Å². The maximum atomic E-state index is 12.5. The van der Waals surface area contributed by atoms with Crippen LogP contribution in [0.1, 0.15) is 43.7 Å². The smallest absolute Gasteiger partial charge is 0.319 e. The highest BCUT2D eigenvalue weighted by Gasteiger charge is 2.32. The SMILES string of the molecule is CN1CCN(c2ccc(N(C[C@@H]3CCCC[N+](C)(C)[C@@H](c4ccccc4)CC3)C(N)=O)cn2)CC1. The molecule has 190 valence electrons. The van der Waals surface area contributed by atoms with Crippen LogP contribution in [0.5, 0.6) is 0 Å².